The number of thioether (sulfide) groups is 1. The fraction of sp³-hybridized carbons (Fsp3) is 0.167. The number of aromatic nitrogens is 2. The minimum Gasteiger partial charge on any atom is -0.481 e. The van der Waals surface area contributed by atoms with Crippen LogP contribution in [0.3, 0.4) is 0 Å². The van der Waals surface area contributed by atoms with Crippen LogP contribution in [-0.4, -0.2) is 26.6 Å². The highest BCUT2D eigenvalue weighted by atomic mass is 35.5. The fourth-order valence-corrected chi connectivity index (χ4v) is 2.39. The molecule has 0 radical (unpaired) electrons. The van der Waals surface area contributed by atoms with Gasteiger partial charge >= 0.3 is 5.97 Å². The molecule has 0 amide bonds. The summed E-state index contributed by atoms with van der Waals surface area (Å²) in [6.07, 6.45) is -2.81. The van der Waals surface area contributed by atoms with Gasteiger partial charge in [0.05, 0.1) is 16.5 Å². The SMILES string of the molecule is O=C(O)CSc1cc(C(F)F)nn1-c1ccc(Cl)c(F)c1. The number of carboxylic acids is 1. The largest absolute Gasteiger partial charge is 0.481 e. The van der Waals surface area contributed by atoms with Crippen LogP contribution in [0.25, 0.3) is 5.69 Å². The molecule has 1 heterocycles. The maximum atomic E-state index is 13.5. The average molecular weight is 337 g/mol. The Labute approximate surface area is 126 Å². The normalized spacial score (nSPS) is 11.1. The average Bonchev–Trinajstić information content (AvgIpc) is 2.84. The predicted octanol–water partition coefficient (Wildman–Crippen LogP) is 3.78. The summed E-state index contributed by atoms with van der Waals surface area (Å²) in [5.41, 5.74) is -0.338. The van der Waals surface area contributed by atoms with E-state index in [2.05, 4.69) is 5.10 Å². The Morgan fingerprint density at radius 2 is 2.14 bits per heavy atom. The first-order chi connectivity index (χ1) is 9.88. The predicted molar refractivity (Wildman–Crippen MR) is 71.8 cm³/mol. The van der Waals surface area contributed by atoms with Gasteiger partial charge in [0.1, 0.15) is 16.5 Å². The molecule has 112 valence electrons. The highest BCUT2D eigenvalue weighted by Crippen LogP contribution is 2.28. The molecule has 1 aromatic carbocycles. The molecule has 0 aliphatic rings. The zero-order chi connectivity index (χ0) is 15.6. The van der Waals surface area contributed by atoms with E-state index in [4.69, 9.17) is 16.7 Å². The van der Waals surface area contributed by atoms with E-state index in [9.17, 15) is 18.0 Å². The Morgan fingerprint density at radius 1 is 1.43 bits per heavy atom. The number of hydrogen-bond donors (Lipinski definition) is 1. The molecule has 2 rings (SSSR count). The number of aliphatic carboxylic acids is 1. The van der Waals surface area contributed by atoms with Crippen molar-refractivity contribution in [3.63, 3.8) is 0 Å². The minimum absolute atomic E-state index is 0.111. The standard InChI is InChI=1S/C12H8ClF3N2O2S/c13-7-2-1-6(3-8(7)14)18-10(21-5-11(19)20)4-9(17-18)12(15)16/h1-4,12H,5H2,(H,19,20). The third-order valence-corrected chi connectivity index (χ3v) is 3.69. The lowest BCUT2D eigenvalue weighted by atomic mass is 10.3. The lowest BCUT2D eigenvalue weighted by Gasteiger charge is -2.06. The Kier molecular flexibility index (Phi) is 4.79. The van der Waals surface area contributed by atoms with Gasteiger partial charge in [0.25, 0.3) is 6.43 Å². The van der Waals surface area contributed by atoms with Gasteiger partial charge in [0, 0.05) is 6.07 Å². The molecule has 0 fully saturated rings. The van der Waals surface area contributed by atoms with E-state index in [1.165, 1.54) is 12.1 Å². The molecule has 0 unspecified atom stereocenters. The van der Waals surface area contributed by atoms with E-state index in [-0.39, 0.29) is 21.5 Å². The smallest absolute Gasteiger partial charge is 0.313 e. The van der Waals surface area contributed by atoms with E-state index >= 15 is 0 Å². The molecule has 0 aliphatic carbocycles. The summed E-state index contributed by atoms with van der Waals surface area (Å²) in [6, 6.07) is 4.78. The summed E-state index contributed by atoms with van der Waals surface area (Å²) in [5, 5.41) is 12.4. The zero-order valence-electron chi connectivity index (χ0n) is 10.3. The first kappa shape index (κ1) is 15.7. The van der Waals surface area contributed by atoms with Gasteiger partial charge < -0.3 is 5.11 Å². The van der Waals surface area contributed by atoms with Crippen molar-refractivity contribution in [1.29, 1.82) is 0 Å². The van der Waals surface area contributed by atoms with Crippen LogP contribution >= 0.6 is 23.4 Å². The molecule has 0 bridgehead atoms. The van der Waals surface area contributed by atoms with Gasteiger partial charge in [-0.3, -0.25) is 4.79 Å². The summed E-state index contributed by atoms with van der Waals surface area (Å²) in [4.78, 5) is 10.6. The third-order valence-electron chi connectivity index (χ3n) is 2.41. The van der Waals surface area contributed by atoms with Crippen LogP contribution in [0, 0.1) is 5.82 Å². The first-order valence-corrected chi connectivity index (χ1v) is 6.93. The molecule has 0 saturated heterocycles. The number of rotatable bonds is 5. The van der Waals surface area contributed by atoms with Crippen LogP contribution in [0.4, 0.5) is 13.2 Å². The Morgan fingerprint density at radius 3 is 2.71 bits per heavy atom. The molecule has 0 atom stereocenters. The number of carbonyl (C=O) groups is 1. The number of nitrogens with zero attached hydrogens (tertiary/aromatic N) is 2. The maximum Gasteiger partial charge on any atom is 0.313 e. The highest BCUT2D eigenvalue weighted by molar-refractivity contribution is 7.99. The third kappa shape index (κ3) is 3.70. The Balaban J connectivity index is 2.44. The van der Waals surface area contributed by atoms with Crippen molar-refractivity contribution in [2.24, 2.45) is 0 Å². The van der Waals surface area contributed by atoms with Gasteiger partial charge in [-0.25, -0.2) is 17.9 Å². The fourth-order valence-electron chi connectivity index (χ4n) is 1.53. The van der Waals surface area contributed by atoms with E-state index in [0.717, 1.165) is 28.6 Å². The molecule has 1 aromatic heterocycles. The number of halogens is 4. The van der Waals surface area contributed by atoms with Crippen LogP contribution < -0.4 is 0 Å². The topological polar surface area (TPSA) is 55.1 Å². The molecule has 0 aliphatic heterocycles. The lowest BCUT2D eigenvalue weighted by Crippen LogP contribution is -2.03. The van der Waals surface area contributed by atoms with Gasteiger partial charge in [-0.05, 0) is 18.2 Å². The Bertz CT molecular complexity index is 679. The van der Waals surface area contributed by atoms with Crippen molar-refractivity contribution >= 4 is 29.3 Å². The lowest BCUT2D eigenvalue weighted by molar-refractivity contribution is -0.133. The van der Waals surface area contributed by atoms with E-state index in [1.54, 1.807) is 0 Å². The van der Waals surface area contributed by atoms with Crippen molar-refractivity contribution < 1.29 is 23.1 Å². The Hall–Kier alpha value is -1.67. The van der Waals surface area contributed by atoms with E-state index < -0.39 is 23.9 Å². The van der Waals surface area contributed by atoms with Crippen LogP contribution in [0.5, 0.6) is 0 Å². The molecular formula is C12H8ClF3N2O2S. The van der Waals surface area contributed by atoms with Gasteiger partial charge in [-0.15, -0.1) is 0 Å². The monoisotopic (exact) mass is 336 g/mol. The quantitative estimate of drug-likeness (QED) is 0.844. The summed E-state index contributed by atoms with van der Waals surface area (Å²) in [5.74, 6) is -2.16. The van der Waals surface area contributed by atoms with Crippen LogP contribution in [0.2, 0.25) is 5.02 Å². The molecule has 1 N–H and O–H groups in total. The summed E-state index contributed by atoms with van der Waals surface area (Å²) < 4.78 is 40.0. The molecule has 0 saturated carbocycles. The molecule has 9 heteroatoms. The van der Waals surface area contributed by atoms with Crippen LogP contribution in [0.15, 0.2) is 29.3 Å². The highest BCUT2D eigenvalue weighted by Gasteiger charge is 2.18. The molecular weight excluding hydrogens is 329 g/mol. The van der Waals surface area contributed by atoms with E-state index in [0.29, 0.717) is 0 Å². The van der Waals surface area contributed by atoms with Gasteiger partial charge in [0.15, 0.2) is 0 Å². The van der Waals surface area contributed by atoms with Crippen LogP contribution in [0.1, 0.15) is 12.1 Å². The number of carboxylic acid groups (broad SMARTS) is 1. The maximum absolute atomic E-state index is 13.5. The molecule has 2 aromatic rings. The van der Waals surface area contributed by atoms with Crippen molar-refractivity contribution in [2.45, 2.75) is 11.5 Å². The number of benzene rings is 1. The van der Waals surface area contributed by atoms with Crippen molar-refractivity contribution in [2.75, 3.05) is 5.75 Å². The second-order valence-corrected chi connectivity index (χ2v) is 5.30. The minimum atomic E-state index is -2.81. The van der Waals surface area contributed by atoms with Crippen molar-refractivity contribution in [1.82, 2.24) is 9.78 Å². The summed E-state index contributed by atoms with van der Waals surface area (Å²) >= 11 is 6.37. The molecule has 21 heavy (non-hydrogen) atoms. The van der Waals surface area contributed by atoms with Gasteiger partial charge in [0.2, 0.25) is 0 Å². The van der Waals surface area contributed by atoms with Gasteiger partial charge in [-0.1, -0.05) is 23.4 Å². The number of hydrogen-bond acceptors (Lipinski definition) is 3. The van der Waals surface area contributed by atoms with Crippen LogP contribution in [-0.2, 0) is 4.79 Å². The second kappa shape index (κ2) is 6.40. The second-order valence-electron chi connectivity index (χ2n) is 3.90. The van der Waals surface area contributed by atoms with E-state index in [1.807, 2.05) is 0 Å². The molecule has 4 nitrogen and oxygen atoms in total. The van der Waals surface area contributed by atoms with Crippen molar-refractivity contribution in [3.8, 4) is 5.69 Å². The summed E-state index contributed by atoms with van der Waals surface area (Å²) in [6.45, 7) is 0. The summed E-state index contributed by atoms with van der Waals surface area (Å²) in [7, 11) is 0. The van der Waals surface area contributed by atoms with Gasteiger partial charge in [-0.2, -0.15) is 5.10 Å². The first-order valence-electron chi connectivity index (χ1n) is 5.56. The molecule has 0 spiro atoms. The zero-order valence-corrected chi connectivity index (χ0v) is 11.8. The number of alkyl halides is 2. The van der Waals surface area contributed by atoms with Crippen molar-refractivity contribution in [3.05, 3.63) is 40.8 Å².